The number of hydrogen-bond acceptors (Lipinski definition) is 3. The average Bonchev–Trinajstić information content (AvgIpc) is 2.85. The summed E-state index contributed by atoms with van der Waals surface area (Å²) in [5.41, 5.74) is 1.93. The molecule has 4 heteroatoms. The average molecular weight is 260 g/mol. The number of aromatic nitrogens is 1. The van der Waals surface area contributed by atoms with Crippen LogP contribution < -0.4 is 4.90 Å². The lowest BCUT2D eigenvalue weighted by molar-refractivity contribution is -0.131. The third-order valence-corrected chi connectivity index (χ3v) is 3.65. The second-order valence-corrected chi connectivity index (χ2v) is 5.09. The molecule has 1 unspecified atom stereocenters. The summed E-state index contributed by atoms with van der Waals surface area (Å²) in [5, 5.41) is 8.61. The number of pyridine rings is 1. The number of carboxylic acid groups (broad SMARTS) is 1. The number of nitrogens with zero attached hydrogens (tertiary/aromatic N) is 2. The topological polar surface area (TPSA) is 53.4 Å². The second kappa shape index (κ2) is 5.87. The summed E-state index contributed by atoms with van der Waals surface area (Å²) in [6.45, 7) is 6.40. The van der Waals surface area contributed by atoms with E-state index in [1.54, 1.807) is 12.3 Å². The molecule has 1 atom stereocenters. The van der Waals surface area contributed by atoms with Gasteiger partial charge in [0, 0.05) is 25.4 Å². The van der Waals surface area contributed by atoms with Crippen molar-refractivity contribution in [1.29, 1.82) is 0 Å². The molecule has 1 aliphatic heterocycles. The predicted octanol–water partition coefficient (Wildman–Crippen LogP) is 2.72. The van der Waals surface area contributed by atoms with Crippen molar-refractivity contribution < 1.29 is 9.90 Å². The van der Waals surface area contributed by atoms with Crippen LogP contribution in [0.3, 0.4) is 0 Å². The van der Waals surface area contributed by atoms with E-state index in [9.17, 15) is 4.79 Å². The van der Waals surface area contributed by atoms with E-state index in [-0.39, 0.29) is 0 Å². The molecule has 1 fully saturated rings. The standard InChI is InChI=1S/C15H20N2O2/c1-3-12-6-7-17(10-12)15-11(2)8-13(9-16-15)4-5-14(18)19/h4-5,8-9,12H,3,6-7,10H2,1-2H3,(H,18,19)/b5-4+. The summed E-state index contributed by atoms with van der Waals surface area (Å²) in [7, 11) is 0. The Labute approximate surface area is 113 Å². The lowest BCUT2D eigenvalue weighted by Gasteiger charge is -2.19. The van der Waals surface area contributed by atoms with Gasteiger partial charge in [0.1, 0.15) is 5.82 Å². The number of anilines is 1. The molecule has 19 heavy (non-hydrogen) atoms. The molecular weight excluding hydrogens is 240 g/mol. The minimum atomic E-state index is -0.938. The molecule has 0 radical (unpaired) electrons. The van der Waals surface area contributed by atoms with Gasteiger partial charge in [-0.05, 0) is 42.5 Å². The van der Waals surface area contributed by atoms with E-state index in [0.29, 0.717) is 0 Å². The highest BCUT2D eigenvalue weighted by Gasteiger charge is 2.22. The molecule has 0 spiro atoms. The Kier molecular flexibility index (Phi) is 4.20. The van der Waals surface area contributed by atoms with Gasteiger partial charge in [-0.15, -0.1) is 0 Å². The zero-order valence-corrected chi connectivity index (χ0v) is 11.5. The normalized spacial score (nSPS) is 19.3. The van der Waals surface area contributed by atoms with Gasteiger partial charge < -0.3 is 10.0 Å². The molecule has 2 rings (SSSR count). The molecule has 1 saturated heterocycles. The first kappa shape index (κ1) is 13.6. The molecule has 0 aliphatic carbocycles. The van der Waals surface area contributed by atoms with Gasteiger partial charge in [0.05, 0.1) is 0 Å². The highest BCUT2D eigenvalue weighted by molar-refractivity contribution is 5.85. The maximum absolute atomic E-state index is 10.5. The number of carboxylic acids is 1. The number of rotatable bonds is 4. The molecule has 102 valence electrons. The molecule has 0 aromatic carbocycles. The van der Waals surface area contributed by atoms with Gasteiger partial charge in [0.15, 0.2) is 0 Å². The Morgan fingerprint density at radius 2 is 2.42 bits per heavy atom. The van der Waals surface area contributed by atoms with Crippen LogP contribution >= 0.6 is 0 Å². The van der Waals surface area contributed by atoms with E-state index >= 15 is 0 Å². The highest BCUT2D eigenvalue weighted by atomic mass is 16.4. The molecule has 0 amide bonds. The van der Waals surface area contributed by atoms with Crippen molar-refractivity contribution in [2.75, 3.05) is 18.0 Å². The van der Waals surface area contributed by atoms with E-state index in [1.165, 1.54) is 12.8 Å². The molecule has 4 nitrogen and oxygen atoms in total. The fourth-order valence-corrected chi connectivity index (χ4v) is 2.54. The molecule has 1 aliphatic rings. The number of hydrogen-bond donors (Lipinski definition) is 1. The lowest BCUT2D eigenvalue weighted by Crippen LogP contribution is -2.21. The molecular formula is C15H20N2O2. The Morgan fingerprint density at radius 1 is 1.63 bits per heavy atom. The van der Waals surface area contributed by atoms with Crippen LogP contribution in [0.15, 0.2) is 18.3 Å². The fourth-order valence-electron chi connectivity index (χ4n) is 2.54. The van der Waals surface area contributed by atoms with Crippen molar-refractivity contribution in [1.82, 2.24) is 4.98 Å². The first-order chi connectivity index (χ1) is 9.10. The van der Waals surface area contributed by atoms with Gasteiger partial charge in [-0.3, -0.25) is 0 Å². The van der Waals surface area contributed by atoms with Gasteiger partial charge >= 0.3 is 5.97 Å². The van der Waals surface area contributed by atoms with Crippen LogP contribution in [0.5, 0.6) is 0 Å². The van der Waals surface area contributed by atoms with Gasteiger partial charge in [0.2, 0.25) is 0 Å². The molecule has 1 aromatic heterocycles. The Hall–Kier alpha value is -1.84. The molecule has 0 bridgehead atoms. The molecule has 2 heterocycles. The van der Waals surface area contributed by atoms with Crippen molar-refractivity contribution in [3.05, 3.63) is 29.5 Å². The van der Waals surface area contributed by atoms with Gasteiger partial charge in [0.25, 0.3) is 0 Å². The highest BCUT2D eigenvalue weighted by Crippen LogP contribution is 2.26. The third kappa shape index (κ3) is 3.34. The zero-order valence-electron chi connectivity index (χ0n) is 11.5. The Balaban J connectivity index is 2.13. The molecule has 0 saturated carbocycles. The number of carbonyl (C=O) groups is 1. The van der Waals surface area contributed by atoms with E-state index in [1.807, 2.05) is 13.0 Å². The first-order valence-electron chi connectivity index (χ1n) is 6.72. The lowest BCUT2D eigenvalue weighted by atomic mass is 10.1. The van der Waals surface area contributed by atoms with Gasteiger partial charge in [-0.25, -0.2) is 9.78 Å². The fraction of sp³-hybridized carbons (Fsp3) is 0.467. The summed E-state index contributed by atoms with van der Waals surface area (Å²) in [4.78, 5) is 17.3. The van der Waals surface area contributed by atoms with E-state index < -0.39 is 5.97 Å². The number of aliphatic carboxylic acids is 1. The zero-order chi connectivity index (χ0) is 13.8. The van der Waals surface area contributed by atoms with E-state index in [0.717, 1.165) is 42.0 Å². The Morgan fingerprint density at radius 3 is 3.00 bits per heavy atom. The van der Waals surface area contributed by atoms with E-state index in [4.69, 9.17) is 5.11 Å². The van der Waals surface area contributed by atoms with Crippen LogP contribution in [0, 0.1) is 12.8 Å². The minimum Gasteiger partial charge on any atom is -0.478 e. The second-order valence-electron chi connectivity index (χ2n) is 5.09. The summed E-state index contributed by atoms with van der Waals surface area (Å²) in [6, 6.07) is 1.99. The van der Waals surface area contributed by atoms with Crippen LogP contribution in [-0.2, 0) is 4.79 Å². The van der Waals surface area contributed by atoms with Crippen LogP contribution in [0.25, 0.3) is 6.08 Å². The predicted molar refractivity (Wildman–Crippen MR) is 76.3 cm³/mol. The van der Waals surface area contributed by atoms with Crippen molar-refractivity contribution in [2.45, 2.75) is 26.7 Å². The minimum absolute atomic E-state index is 0.771. The van der Waals surface area contributed by atoms with Crippen LogP contribution in [-0.4, -0.2) is 29.1 Å². The Bertz CT molecular complexity index is 497. The molecule has 1 N–H and O–H groups in total. The quantitative estimate of drug-likeness (QED) is 0.846. The van der Waals surface area contributed by atoms with Crippen molar-refractivity contribution in [3.8, 4) is 0 Å². The smallest absolute Gasteiger partial charge is 0.328 e. The summed E-state index contributed by atoms with van der Waals surface area (Å²) < 4.78 is 0. The van der Waals surface area contributed by atoms with E-state index in [2.05, 4.69) is 16.8 Å². The number of aryl methyl sites for hydroxylation is 1. The van der Waals surface area contributed by atoms with Gasteiger partial charge in [-0.1, -0.05) is 13.3 Å². The molecule has 1 aromatic rings. The van der Waals surface area contributed by atoms with Crippen LogP contribution in [0.4, 0.5) is 5.82 Å². The third-order valence-electron chi connectivity index (χ3n) is 3.65. The van der Waals surface area contributed by atoms with Crippen molar-refractivity contribution in [3.63, 3.8) is 0 Å². The van der Waals surface area contributed by atoms with Crippen LogP contribution in [0.1, 0.15) is 30.9 Å². The maximum Gasteiger partial charge on any atom is 0.328 e. The van der Waals surface area contributed by atoms with Crippen molar-refractivity contribution in [2.24, 2.45) is 5.92 Å². The van der Waals surface area contributed by atoms with Crippen molar-refractivity contribution >= 4 is 17.9 Å². The maximum atomic E-state index is 10.5. The van der Waals surface area contributed by atoms with Crippen LogP contribution in [0.2, 0.25) is 0 Å². The first-order valence-corrected chi connectivity index (χ1v) is 6.72. The monoisotopic (exact) mass is 260 g/mol. The summed E-state index contributed by atoms with van der Waals surface area (Å²) in [6.07, 6.45) is 6.90. The largest absolute Gasteiger partial charge is 0.478 e. The van der Waals surface area contributed by atoms with Gasteiger partial charge in [-0.2, -0.15) is 0 Å². The summed E-state index contributed by atoms with van der Waals surface area (Å²) >= 11 is 0. The summed E-state index contributed by atoms with van der Waals surface area (Å²) in [5.74, 6) is 0.864. The SMILES string of the molecule is CCC1CCN(c2ncc(/C=C/C(=O)O)cc2C)C1.